The van der Waals surface area contributed by atoms with Crippen LogP contribution < -0.4 is 10.1 Å². The van der Waals surface area contributed by atoms with E-state index in [1.54, 1.807) is 19.2 Å². The molecule has 0 bridgehead atoms. The third-order valence-corrected chi connectivity index (χ3v) is 6.52. The van der Waals surface area contributed by atoms with Gasteiger partial charge in [-0.15, -0.1) is 0 Å². The lowest BCUT2D eigenvalue weighted by atomic mass is 9.82. The molecule has 1 aliphatic carbocycles. The summed E-state index contributed by atoms with van der Waals surface area (Å²) in [4.78, 5) is 16.2. The number of pyridine rings is 1. The van der Waals surface area contributed by atoms with Gasteiger partial charge in [0.1, 0.15) is 18.0 Å². The fraction of sp³-hybridized carbons (Fsp3) is 0.417. The van der Waals surface area contributed by atoms with Gasteiger partial charge in [-0.05, 0) is 73.4 Å². The van der Waals surface area contributed by atoms with Crippen LogP contribution in [-0.4, -0.2) is 45.3 Å². The second kappa shape index (κ2) is 9.90. The molecule has 0 saturated heterocycles. The molecule has 0 unspecified atom stereocenters. The van der Waals surface area contributed by atoms with E-state index < -0.39 is 6.61 Å². The van der Waals surface area contributed by atoms with Crippen molar-refractivity contribution >= 4 is 23.2 Å². The number of rotatable bonds is 7. The van der Waals surface area contributed by atoms with Gasteiger partial charge in [-0.25, -0.2) is 4.98 Å². The fourth-order valence-electron chi connectivity index (χ4n) is 4.52. The lowest BCUT2D eigenvalue weighted by Gasteiger charge is -2.29. The Labute approximate surface area is 192 Å². The summed E-state index contributed by atoms with van der Waals surface area (Å²) in [5.41, 5.74) is 4.31. The van der Waals surface area contributed by atoms with E-state index in [1.807, 2.05) is 16.8 Å². The predicted molar refractivity (Wildman–Crippen MR) is 123 cm³/mol. The van der Waals surface area contributed by atoms with E-state index in [-0.39, 0.29) is 18.6 Å². The molecule has 0 atom stereocenters. The number of aliphatic hydroxyl groups is 2. The van der Waals surface area contributed by atoms with Crippen LogP contribution in [0.3, 0.4) is 0 Å². The summed E-state index contributed by atoms with van der Waals surface area (Å²) < 4.78 is 7.23. The number of nitrogens with zero attached hydrogens (tertiary/aromatic N) is 2. The molecule has 1 aromatic carbocycles. The Balaban J connectivity index is 1.49. The van der Waals surface area contributed by atoms with Crippen LogP contribution in [0, 0.1) is 5.92 Å². The molecule has 170 valence electrons. The van der Waals surface area contributed by atoms with Crippen molar-refractivity contribution in [3.05, 3.63) is 52.8 Å². The van der Waals surface area contributed by atoms with Crippen LogP contribution in [0.15, 0.2) is 36.7 Å². The van der Waals surface area contributed by atoms with E-state index in [2.05, 4.69) is 17.4 Å². The number of ether oxygens (including phenoxy) is 1. The van der Waals surface area contributed by atoms with E-state index >= 15 is 0 Å². The van der Waals surface area contributed by atoms with Crippen LogP contribution in [0.2, 0.25) is 5.02 Å². The lowest BCUT2D eigenvalue weighted by Crippen LogP contribution is -2.39. The van der Waals surface area contributed by atoms with Crippen molar-refractivity contribution in [2.75, 3.05) is 13.7 Å². The van der Waals surface area contributed by atoms with Crippen LogP contribution in [0.25, 0.3) is 16.9 Å². The summed E-state index contributed by atoms with van der Waals surface area (Å²) >= 11 is 6.31. The summed E-state index contributed by atoms with van der Waals surface area (Å²) in [5, 5.41) is 22.1. The van der Waals surface area contributed by atoms with Crippen LogP contribution in [0.1, 0.15) is 36.8 Å². The van der Waals surface area contributed by atoms with Crippen molar-refractivity contribution < 1.29 is 19.7 Å². The molecule has 3 aromatic rings. The number of amides is 1. The van der Waals surface area contributed by atoms with Gasteiger partial charge < -0.3 is 24.7 Å². The largest absolute Gasteiger partial charge is 0.495 e. The number of nitrogens with one attached hydrogen (secondary N) is 1. The average Bonchev–Trinajstić information content (AvgIpc) is 3.23. The Morgan fingerprint density at radius 1 is 1.25 bits per heavy atom. The Morgan fingerprint density at radius 3 is 2.72 bits per heavy atom. The Hall–Kier alpha value is -2.61. The van der Waals surface area contributed by atoms with Gasteiger partial charge in [0.05, 0.1) is 24.4 Å². The molecule has 1 fully saturated rings. The highest BCUT2D eigenvalue weighted by molar-refractivity contribution is 6.32. The van der Waals surface area contributed by atoms with Crippen LogP contribution in [0.4, 0.5) is 0 Å². The second-order valence-corrected chi connectivity index (χ2v) is 8.78. The smallest absolute Gasteiger partial charge is 0.245 e. The monoisotopic (exact) mass is 457 g/mol. The number of halogens is 1. The first-order valence-electron chi connectivity index (χ1n) is 10.9. The molecule has 8 heteroatoms. The summed E-state index contributed by atoms with van der Waals surface area (Å²) in [6, 6.07) is 7.91. The number of methoxy groups -OCH3 is 1. The van der Waals surface area contributed by atoms with E-state index in [9.17, 15) is 9.90 Å². The van der Waals surface area contributed by atoms with Gasteiger partial charge in [-0.3, -0.25) is 4.79 Å². The van der Waals surface area contributed by atoms with Crippen molar-refractivity contribution in [1.82, 2.24) is 14.7 Å². The average molecular weight is 458 g/mol. The van der Waals surface area contributed by atoms with E-state index in [4.69, 9.17) is 26.4 Å². The Morgan fingerprint density at radius 2 is 2.03 bits per heavy atom. The summed E-state index contributed by atoms with van der Waals surface area (Å²) in [5.74, 6) is 0.795. The third-order valence-electron chi connectivity index (χ3n) is 6.23. The zero-order chi connectivity index (χ0) is 22.7. The molecule has 1 amide bonds. The number of carbonyl (C=O) groups is 1. The fourth-order valence-corrected chi connectivity index (χ4v) is 4.76. The maximum atomic E-state index is 11.4. The first-order chi connectivity index (χ1) is 15.5. The van der Waals surface area contributed by atoms with Gasteiger partial charge in [-0.2, -0.15) is 0 Å². The molecular formula is C24H28ClN3O4. The van der Waals surface area contributed by atoms with Gasteiger partial charge in [-0.1, -0.05) is 11.6 Å². The summed E-state index contributed by atoms with van der Waals surface area (Å²) in [6.07, 6.45) is 8.89. The highest BCUT2D eigenvalue weighted by Crippen LogP contribution is 2.34. The molecule has 1 aliphatic rings. The van der Waals surface area contributed by atoms with Crippen molar-refractivity contribution in [2.45, 2.75) is 44.8 Å². The predicted octanol–water partition coefficient (Wildman–Crippen LogP) is 3.37. The lowest BCUT2D eigenvalue weighted by molar-refractivity contribution is -0.124. The third kappa shape index (κ3) is 4.90. The second-order valence-electron chi connectivity index (χ2n) is 8.38. The molecule has 7 nitrogen and oxygen atoms in total. The minimum absolute atomic E-state index is 0.135. The molecule has 0 aliphatic heterocycles. The number of benzene rings is 1. The van der Waals surface area contributed by atoms with Gasteiger partial charge in [0.15, 0.2) is 0 Å². The molecule has 1 saturated carbocycles. The molecule has 32 heavy (non-hydrogen) atoms. The number of hydrogen-bond acceptors (Lipinski definition) is 5. The molecular weight excluding hydrogens is 430 g/mol. The summed E-state index contributed by atoms with van der Waals surface area (Å²) in [7, 11) is 1.55. The number of aromatic nitrogens is 2. The highest BCUT2D eigenvalue weighted by atomic mass is 35.5. The molecule has 0 spiro atoms. The minimum atomic E-state index is -0.450. The van der Waals surface area contributed by atoms with Crippen LogP contribution in [-0.2, 0) is 17.8 Å². The molecule has 4 rings (SSSR count). The molecule has 3 N–H and O–H groups in total. The maximum absolute atomic E-state index is 11.4. The minimum Gasteiger partial charge on any atom is -0.495 e. The van der Waals surface area contributed by atoms with Gasteiger partial charge in [0.25, 0.3) is 0 Å². The van der Waals surface area contributed by atoms with Gasteiger partial charge in [0, 0.05) is 24.0 Å². The van der Waals surface area contributed by atoms with Crippen molar-refractivity contribution in [3.8, 4) is 17.0 Å². The zero-order valence-electron chi connectivity index (χ0n) is 18.1. The van der Waals surface area contributed by atoms with Crippen LogP contribution >= 0.6 is 11.6 Å². The standard InChI is InChI=1S/C24H28ClN3O4/c1-32-22-10-17(13-29)19(11-20(22)25)21-12-28-7-6-16(9-23(28)27-21)8-15-2-4-18(5-3-15)26-24(31)14-30/h6-7,9-12,15,18,29-30H,2-5,8,13-14H2,1H3,(H,26,31). The number of aliphatic hydroxyl groups excluding tert-OH is 2. The topological polar surface area (TPSA) is 96.1 Å². The number of imidazole rings is 1. The van der Waals surface area contributed by atoms with E-state index in [0.29, 0.717) is 22.3 Å². The zero-order valence-corrected chi connectivity index (χ0v) is 18.8. The van der Waals surface area contributed by atoms with Gasteiger partial charge in [0.2, 0.25) is 5.91 Å². The number of hydrogen-bond donors (Lipinski definition) is 3. The van der Waals surface area contributed by atoms with Crippen molar-refractivity contribution in [3.63, 3.8) is 0 Å². The van der Waals surface area contributed by atoms with Crippen LogP contribution in [0.5, 0.6) is 5.75 Å². The Bertz CT molecular complexity index is 1110. The maximum Gasteiger partial charge on any atom is 0.245 e. The Kier molecular flexibility index (Phi) is 6.98. The normalized spacial score (nSPS) is 18.6. The molecule has 2 aromatic heterocycles. The van der Waals surface area contributed by atoms with E-state index in [0.717, 1.165) is 49.0 Å². The van der Waals surface area contributed by atoms with E-state index in [1.165, 1.54) is 5.56 Å². The number of fused-ring (bicyclic) bond motifs is 1. The van der Waals surface area contributed by atoms with Gasteiger partial charge >= 0.3 is 0 Å². The highest BCUT2D eigenvalue weighted by Gasteiger charge is 2.22. The summed E-state index contributed by atoms with van der Waals surface area (Å²) in [6.45, 7) is -0.585. The quantitative estimate of drug-likeness (QED) is 0.505. The first-order valence-corrected chi connectivity index (χ1v) is 11.2. The molecule has 0 radical (unpaired) electrons. The van der Waals surface area contributed by atoms with Crippen molar-refractivity contribution in [1.29, 1.82) is 0 Å². The van der Waals surface area contributed by atoms with Crippen molar-refractivity contribution in [2.24, 2.45) is 5.92 Å². The SMILES string of the molecule is COc1cc(CO)c(-c2cn3ccc(CC4CCC(NC(=O)CO)CC4)cc3n2)cc1Cl. The number of carbonyl (C=O) groups excluding carboxylic acids is 1. The first kappa shape index (κ1) is 22.6. The molecule has 2 heterocycles.